The fourth-order valence-corrected chi connectivity index (χ4v) is 3.29. The molecule has 1 aliphatic rings. The molecule has 0 unspecified atom stereocenters. The van der Waals surface area contributed by atoms with Crippen LogP contribution in [0.4, 0.5) is 4.79 Å². The van der Waals surface area contributed by atoms with E-state index < -0.39 is 5.60 Å². The first-order chi connectivity index (χ1) is 11.8. The highest BCUT2D eigenvalue weighted by molar-refractivity contribution is 6.30. The van der Waals surface area contributed by atoms with Gasteiger partial charge in [0.2, 0.25) is 0 Å². The van der Waals surface area contributed by atoms with Gasteiger partial charge in [-0.1, -0.05) is 30.2 Å². The van der Waals surface area contributed by atoms with Crippen LogP contribution in [0.3, 0.4) is 0 Å². The third-order valence-electron chi connectivity index (χ3n) is 4.39. The highest BCUT2D eigenvalue weighted by atomic mass is 35.5. The zero-order chi connectivity index (χ0) is 18.3. The van der Waals surface area contributed by atoms with Crippen LogP contribution in [0.25, 0.3) is 0 Å². The highest BCUT2D eigenvalue weighted by Gasteiger charge is 2.31. The molecule has 0 aliphatic carbocycles. The Balaban J connectivity index is 1.62. The van der Waals surface area contributed by atoms with Crippen LogP contribution in [0.2, 0.25) is 5.02 Å². The Morgan fingerprint density at radius 2 is 2.00 bits per heavy atom. The number of halogens is 1. The number of unbranched alkanes of at least 4 members (excludes halogenated alkanes) is 1. The van der Waals surface area contributed by atoms with E-state index >= 15 is 0 Å². The van der Waals surface area contributed by atoms with Gasteiger partial charge in [0.1, 0.15) is 5.60 Å². The van der Waals surface area contributed by atoms with Gasteiger partial charge in [-0.2, -0.15) is 0 Å². The molecule has 0 bridgehead atoms. The normalized spacial score (nSPS) is 17.8. The second-order valence-electron chi connectivity index (χ2n) is 7.77. The third kappa shape index (κ3) is 7.25. The predicted molar refractivity (Wildman–Crippen MR) is 103 cm³/mol. The topological polar surface area (TPSA) is 41.6 Å². The molecule has 1 aliphatic heterocycles. The molecule has 0 spiro atoms. The fraction of sp³-hybridized carbons (Fsp3) is 0.650. The number of carbonyl (C=O) groups is 1. The Morgan fingerprint density at radius 3 is 2.68 bits per heavy atom. The number of carbonyl (C=O) groups excluding carboxylic acids is 1. The molecule has 1 saturated heterocycles. The Kier molecular flexibility index (Phi) is 7.57. The van der Waals surface area contributed by atoms with Gasteiger partial charge >= 0.3 is 6.09 Å². The number of likely N-dealkylation sites (tertiary alicyclic amines) is 1. The molecule has 0 aromatic heterocycles. The number of amides is 1. The Morgan fingerprint density at radius 1 is 1.28 bits per heavy atom. The van der Waals surface area contributed by atoms with Crippen LogP contribution in [0.15, 0.2) is 24.3 Å². The first-order valence-corrected chi connectivity index (χ1v) is 9.68. The van der Waals surface area contributed by atoms with Crippen molar-refractivity contribution in [3.05, 3.63) is 34.9 Å². The molecular formula is C20H31ClN2O2. The van der Waals surface area contributed by atoms with Gasteiger partial charge in [0.15, 0.2) is 0 Å². The van der Waals surface area contributed by atoms with Crippen molar-refractivity contribution in [3.63, 3.8) is 0 Å². The van der Waals surface area contributed by atoms with E-state index in [0.29, 0.717) is 6.04 Å². The van der Waals surface area contributed by atoms with Crippen LogP contribution >= 0.6 is 11.6 Å². The number of nitrogens with one attached hydrogen (secondary N) is 1. The number of ether oxygens (including phenoxy) is 1. The molecule has 0 saturated carbocycles. The first kappa shape index (κ1) is 20.1. The summed E-state index contributed by atoms with van der Waals surface area (Å²) in [6, 6.07) is 8.28. The lowest BCUT2D eigenvalue weighted by Gasteiger charge is -2.28. The molecule has 1 heterocycles. The summed E-state index contributed by atoms with van der Waals surface area (Å²) in [4.78, 5) is 14.2. The summed E-state index contributed by atoms with van der Waals surface area (Å²) in [6.45, 7) is 8.44. The molecule has 25 heavy (non-hydrogen) atoms. The van der Waals surface area contributed by atoms with Crippen LogP contribution in [0.1, 0.15) is 58.4 Å². The number of hydrogen-bond donors (Lipinski definition) is 1. The lowest BCUT2D eigenvalue weighted by molar-refractivity contribution is 0.0219. The Bertz CT molecular complexity index is 540. The van der Waals surface area contributed by atoms with Crippen molar-refractivity contribution in [3.8, 4) is 0 Å². The number of benzene rings is 1. The molecule has 1 amide bonds. The summed E-state index contributed by atoms with van der Waals surface area (Å²) in [6.07, 6.45) is 5.32. The van der Waals surface area contributed by atoms with Crippen LogP contribution < -0.4 is 5.32 Å². The molecule has 1 aromatic rings. The summed E-state index contributed by atoms with van der Waals surface area (Å²) < 4.78 is 5.52. The molecule has 1 fully saturated rings. The van der Waals surface area contributed by atoms with Crippen molar-refractivity contribution in [2.75, 3.05) is 13.1 Å². The van der Waals surface area contributed by atoms with E-state index in [1.54, 1.807) is 0 Å². The van der Waals surface area contributed by atoms with Crippen LogP contribution in [0, 0.1) is 0 Å². The van der Waals surface area contributed by atoms with Crippen LogP contribution in [0.5, 0.6) is 0 Å². The van der Waals surface area contributed by atoms with Gasteiger partial charge < -0.3 is 15.0 Å². The number of nitrogens with zero attached hydrogens (tertiary/aromatic N) is 1. The average Bonchev–Trinajstić information content (AvgIpc) is 2.99. The zero-order valence-corrected chi connectivity index (χ0v) is 16.4. The van der Waals surface area contributed by atoms with Gasteiger partial charge in [-0.25, -0.2) is 4.79 Å². The van der Waals surface area contributed by atoms with E-state index in [1.165, 1.54) is 5.56 Å². The van der Waals surface area contributed by atoms with Crippen LogP contribution in [-0.2, 0) is 11.3 Å². The molecule has 5 heteroatoms. The second kappa shape index (κ2) is 9.44. The maximum absolute atomic E-state index is 12.3. The van der Waals surface area contributed by atoms with Gasteiger partial charge in [-0.05, 0) is 70.7 Å². The Hall–Kier alpha value is -1.26. The SMILES string of the molecule is CC(C)(C)OC(=O)N1CCC[C@@H]1CCCCNCc1ccc(Cl)cc1. The maximum atomic E-state index is 12.3. The lowest BCUT2D eigenvalue weighted by Crippen LogP contribution is -2.39. The molecule has 1 aromatic carbocycles. The minimum Gasteiger partial charge on any atom is -0.444 e. The summed E-state index contributed by atoms with van der Waals surface area (Å²) in [7, 11) is 0. The van der Waals surface area contributed by atoms with E-state index in [1.807, 2.05) is 49.9 Å². The van der Waals surface area contributed by atoms with Crippen molar-refractivity contribution in [1.29, 1.82) is 0 Å². The second-order valence-corrected chi connectivity index (χ2v) is 8.21. The summed E-state index contributed by atoms with van der Waals surface area (Å²) in [5.41, 5.74) is 0.826. The van der Waals surface area contributed by atoms with Crippen molar-refractivity contribution >= 4 is 17.7 Å². The number of hydrogen-bond acceptors (Lipinski definition) is 3. The summed E-state index contributed by atoms with van der Waals surface area (Å²) >= 11 is 5.89. The van der Waals surface area contributed by atoms with Crippen molar-refractivity contribution in [1.82, 2.24) is 10.2 Å². The number of rotatable bonds is 7. The molecule has 140 valence electrons. The van der Waals surface area contributed by atoms with Crippen molar-refractivity contribution in [2.24, 2.45) is 0 Å². The van der Waals surface area contributed by atoms with Crippen molar-refractivity contribution in [2.45, 2.75) is 71.1 Å². The Labute approximate surface area is 156 Å². The minimum absolute atomic E-state index is 0.157. The standard InChI is InChI=1S/C20H31ClN2O2/c1-20(2,3)25-19(24)23-14-6-8-18(23)7-4-5-13-22-15-16-9-11-17(21)12-10-16/h9-12,18,22H,4-8,13-15H2,1-3H3/t18-/m0/s1. The molecule has 4 nitrogen and oxygen atoms in total. The molecular weight excluding hydrogens is 336 g/mol. The third-order valence-corrected chi connectivity index (χ3v) is 4.64. The van der Waals surface area contributed by atoms with Gasteiger partial charge in [0.05, 0.1) is 0 Å². The van der Waals surface area contributed by atoms with E-state index in [0.717, 1.165) is 56.8 Å². The highest BCUT2D eigenvalue weighted by Crippen LogP contribution is 2.24. The van der Waals surface area contributed by atoms with E-state index in [4.69, 9.17) is 16.3 Å². The smallest absolute Gasteiger partial charge is 0.410 e. The van der Waals surface area contributed by atoms with Gasteiger partial charge in [0.25, 0.3) is 0 Å². The van der Waals surface area contributed by atoms with E-state index in [-0.39, 0.29) is 6.09 Å². The monoisotopic (exact) mass is 366 g/mol. The summed E-state index contributed by atoms with van der Waals surface area (Å²) in [5, 5.41) is 4.24. The first-order valence-electron chi connectivity index (χ1n) is 9.30. The van der Waals surface area contributed by atoms with E-state index in [9.17, 15) is 4.79 Å². The minimum atomic E-state index is -0.421. The maximum Gasteiger partial charge on any atom is 0.410 e. The van der Waals surface area contributed by atoms with Crippen LogP contribution in [-0.4, -0.2) is 35.7 Å². The zero-order valence-electron chi connectivity index (χ0n) is 15.7. The average molecular weight is 367 g/mol. The molecule has 1 atom stereocenters. The quantitative estimate of drug-likeness (QED) is 0.690. The molecule has 0 radical (unpaired) electrons. The van der Waals surface area contributed by atoms with Gasteiger partial charge in [0, 0.05) is 24.2 Å². The summed E-state index contributed by atoms with van der Waals surface area (Å²) in [5.74, 6) is 0. The lowest BCUT2D eigenvalue weighted by atomic mass is 10.1. The molecule has 2 rings (SSSR count). The predicted octanol–water partition coefficient (Wildman–Crippen LogP) is 5.00. The van der Waals surface area contributed by atoms with E-state index in [2.05, 4.69) is 5.32 Å². The molecule has 1 N–H and O–H groups in total. The van der Waals surface area contributed by atoms with Gasteiger partial charge in [-0.3, -0.25) is 0 Å². The van der Waals surface area contributed by atoms with Crippen molar-refractivity contribution < 1.29 is 9.53 Å². The fourth-order valence-electron chi connectivity index (χ4n) is 3.16. The van der Waals surface area contributed by atoms with Gasteiger partial charge in [-0.15, -0.1) is 0 Å². The largest absolute Gasteiger partial charge is 0.444 e.